The summed E-state index contributed by atoms with van der Waals surface area (Å²) in [6.45, 7) is 5.93. The van der Waals surface area contributed by atoms with Crippen LogP contribution in [-0.4, -0.2) is 18.2 Å². The maximum atomic E-state index is 11.4. The number of ether oxygens (including phenoxy) is 2. The third-order valence-corrected chi connectivity index (χ3v) is 2.74. The lowest BCUT2D eigenvalue weighted by Crippen LogP contribution is -2.24. The van der Waals surface area contributed by atoms with Gasteiger partial charge in [0.05, 0.1) is 5.60 Å². The molecule has 0 fully saturated rings. The normalized spacial score (nSPS) is 11.3. The molecule has 0 saturated carbocycles. The van der Waals surface area contributed by atoms with Crippen molar-refractivity contribution in [1.29, 1.82) is 0 Å². The van der Waals surface area contributed by atoms with E-state index in [1.54, 1.807) is 0 Å². The maximum Gasteiger partial charge on any atom is 0.332 e. The fourth-order valence-electron chi connectivity index (χ4n) is 1.09. The molecule has 1 rings (SSSR count). The molecule has 0 saturated heterocycles. The van der Waals surface area contributed by atoms with Crippen LogP contribution in [0.5, 0.6) is 0 Å². The number of carbonyl (C=O) groups excluding carboxylic acids is 1. The Morgan fingerprint density at radius 3 is 2.53 bits per heavy atom. The van der Waals surface area contributed by atoms with Crippen LogP contribution in [0, 0.1) is 0 Å². The lowest BCUT2D eigenvalue weighted by atomic mass is 10.2. The van der Waals surface area contributed by atoms with E-state index in [1.807, 2.05) is 45.0 Å². The summed E-state index contributed by atoms with van der Waals surface area (Å²) in [4.78, 5) is 11.4. The van der Waals surface area contributed by atoms with Crippen molar-refractivity contribution in [3.63, 3.8) is 0 Å². The highest BCUT2D eigenvalue weighted by molar-refractivity contribution is 9.10. The van der Waals surface area contributed by atoms with Crippen molar-refractivity contribution in [3.8, 4) is 0 Å². The van der Waals surface area contributed by atoms with Gasteiger partial charge in [-0.15, -0.1) is 0 Å². The number of carbonyl (C=O) groups is 1. The first-order valence-electron chi connectivity index (χ1n) is 5.41. The quantitative estimate of drug-likeness (QED) is 0.800. The smallest absolute Gasteiger partial charge is 0.332 e. The summed E-state index contributed by atoms with van der Waals surface area (Å²) >= 11 is 3.39. The van der Waals surface area contributed by atoms with Crippen molar-refractivity contribution in [2.45, 2.75) is 33.0 Å². The average Bonchev–Trinajstić information content (AvgIpc) is 2.24. The van der Waals surface area contributed by atoms with Crippen molar-refractivity contribution in [1.82, 2.24) is 0 Å². The van der Waals surface area contributed by atoms with Crippen LogP contribution in [0.3, 0.4) is 0 Å². The molecule has 0 atom stereocenters. The second-order valence-electron chi connectivity index (χ2n) is 4.65. The Kier molecular flexibility index (Phi) is 5.15. The van der Waals surface area contributed by atoms with Gasteiger partial charge in [-0.2, -0.15) is 0 Å². The van der Waals surface area contributed by atoms with Crippen molar-refractivity contribution >= 4 is 21.9 Å². The first-order chi connectivity index (χ1) is 7.88. The molecule has 4 heteroatoms. The standard InChI is InChI=1S/C13H17BrO3/c1-13(2,3)17-9-12(15)16-8-10-6-4-5-7-11(10)14/h4-7H,8-9H2,1-3H3. The largest absolute Gasteiger partial charge is 0.459 e. The van der Waals surface area contributed by atoms with E-state index in [4.69, 9.17) is 9.47 Å². The van der Waals surface area contributed by atoms with E-state index >= 15 is 0 Å². The molecule has 0 unspecified atom stereocenters. The predicted octanol–water partition coefficient (Wildman–Crippen LogP) is 3.31. The van der Waals surface area contributed by atoms with Gasteiger partial charge in [-0.1, -0.05) is 34.1 Å². The molecule has 17 heavy (non-hydrogen) atoms. The lowest BCUT2D eigenvalue weighted by Gasteiger charge is -2.18. The molecule has 0 bridgehead atoms. The Labute approximate surface area is 110 Å². The van der Waals surface area contributed by atoms with Crippen LogP contribution in [0.1, 0.15) is 26.3 Å². The number of hydrogen-bond acceptors (Lipinski definition) is 3. The van der Waals surface area contributed by atoms with Gasteiger partial charge in [0.1, 0.15) is 13.2 Å². The fraction of sp³-hybridized carbons (Fsp3) is 0.462. The third-order valence-electron chi connectivity index (χ3n) is 1.97. The van der Waals surface area contributed by atoms with Gasteiger partial charge in [0.25, 0.3) is 0 Å². The lowest BCUT2D eigenvalue weighted by molar-refractivity contribution is -0.155. The highest BCUT2D eigenvalue weighted by Gasteiger charge is 2.13. The topological polar surface area (TPSA) is 35.5 Å². The minimum absolute atomic E-state index is 0.0199. The third kappa shape index (κ3) is 5.84. The summed E-state index contributed by atoms with van der Waals surface area (Å²) in [5.41, 5.74) is 0.614. The van der Waals surface area contributed by atoms with Gasteiger partial charge in [-0.3, -0.25) is 0 Å². The molecule has 0 amide bonds. The van der Waals surface area contributed by atoms with Gasteiger partial charge in [0.15, 0.2) is 0 Å². The Balaban J connectivity index is 2.36. The number of benzene rings is 1. The molecule has 0 aliphatic carbocycles. The molecular weight excluding hydrogens is 284 g/mol. The summed E-state index contributed by atoms with van der Waals surface area (Å²) < 4.78 is 11.4. The van der Waals surface area contributed by atoms with E-state index in [1.165, 1.54) is 0 Å². The Morgan fingerprint density at radius 2 is 1.94 bits per heavy atom. The molecule has 0 spiro atoms. The molecule has 0 N–H and O–H groups in total. The van der Waals surface area contributed by atoms with Crippen molar-refractivity contribution < 1.29 is 14.3 Å². The van der Waals surface area contributed by atoms with Crippen LogP contribution < -0.4 is 0 Å². The number of esters is 1. The second kappa shape index (κ2) is 6.17. The van der Waals surface area contributed by atoms with Crippen LogP contribution in [0.25, 0.3) is 0 Å². The molecule has 1 aromatic rings. The molecule has 3 nitrogen and oxygen atoms in total. The molecule has 0 radical (unpaired) electrons. The Morgan fingerprint density at radius 1 is 1.29 bits per heavy atom. The second-order valence-corrected chi connectivity index (χ2v) is 5.51. The van der Waals surface area contributed by atoms with E-state index in [0.29, 0.717) is 0 Å². The van der Waals surface area contributed by atoms with E-state index in [-0.39, 0.29) is 24.8 Å². The summed E-state index contributed by atoms with van der Waals surface area (Å²) in [6, 6.07) is 7.63. The molecule has 1 aromatic carbocycles. The van der Waals surface area contributed by atoms with Crippen LogP contribution in [0.2, 0.25) is 0 Å². The fourth-order valence-corrected chi connectivity index (χ4v) is 1.49. The van der Waals surface area contributed by atoms with Gasteiger partial charge >= 0.3 is 5.97 Å². The highest BCUT2D eigenvalue weighted by Crippen LogP contribution is 2.16. The van der Waals surface area contributed by atoms with Gasteiger partial charge in [0.2, 0.25) is 0 Å². The first-order valence-corrected chi connectivity index (χ1v) is 6.21. The zero-order chi connectivity index (χ0) is 12.9. The SMILES string of the molecule is CC(C)(C)OCC(=O)OCc1ccccc1Br. The molecule has 0 aliphatic heterocycles. The summed E-state index contributed by atoms with van der Waals surface area (Å²) in [7, 11) is 0. The Bertz CT molecular complexity index is 382. The average molecular weight is 301 g/mol. The van der Waals surface area contributed by atoms with Crippen molar-refractivity contribution in [2.24, 2.45) is 0 Å². The Hall–Kier alpha value is -0.870. The minimum atomic E-state index is -0.351. The zero-order valence-electron chi connectivity index (χ0n) is 10.3. The van der Waals surface area contributed by atoms with Crippen LogP contribution in [-0.2, 0) is 20.9 Å². The van der Waals surface area contributed by atoms with Gasteiger partial charge in [-0.05, 0) is 26.8 Å². The molecule has 0 aromatic heterocycles. The molecule has 0 aliphatic rings. The highest BCUT2D eigenvalue weighted by atomic mass is 79.9. The monoisotopic (exact) mass is 300 g/mol. The van der Waals surface area contributed by atoms with Crippen LogP contribution in [0.15, 0.2) is 28.7 Å². The van der Waals surface area contributed by atoms with Crippen LogP contribution >= 0.6 is 15.9 Å². The number of rotatable bonds is 4. The van der Waals surface area contributed by atoms with Gasteiger partial charge in [-0.25, -0.2) is 4.79 Å². The van der Waals surface area contributed by atoms with Crippen LogP contribution in [0.4, 0.5) is 0 Å². The van der Waals surface area contributed by atoms with Gasteiger partial charge in [0, 0.05) is 10.0 Å². The minimum Gasteiger partial charge on any atom is -0.459 e. The summed E-state index contributed by atoms with van der Waals surface area (Å²) in [5.74, 6) is -0.351. The van der Waals surface area contributed by atoms with Crippen molar-refractivity contribution in [3.05, 3.63) is 34.3 Å². The zero-order valence-corrected chi connectivity index (χ0v) is 11.9. The molecule has 94 valence electrons. The number of halogens is 1. The molecule has 0 heterocycles. The van der Waals surface area contributed by atoms with E-state index < -0.39 is 0 Å². The predicted molar refractivity (Wildman–Crippen MR) is 69.6 cm³/mol. The summed E-state index contributed by atoms with van der Waals surface area (Å²) in [5, 5.41) is 0. The maximum absolute atomic E-state index is 11.4. The van der Waals surface area contributed by atoms with Crippen molar-refractivity contribution in [2.75, 3.05) is 6.61 Å². The summed E-state index contributed by atoms with van der Waals surface area (Å²) in [6.07, 6.45) is 0. The first kappa shape index (κ1) is 14.2. The van der Waals surface area contributed by atoms with Gasteiger partial charge < -0.3 is 9.47 Å². The van der Waals surface area contributed by atoms with E-state index in [9.17, 15) is 4.79 Å². The number of hydrogen-bond donors (Lipinski definition) is 0. The molecular formula is C13H17BrO3. The van der Waals surface area contributed by atoms with E-state index in [0.717, 1.165) is 10.0 Å². The van der Waals surface area contributed by atoms with E-state index in [2.05, 4.69) is 15.9 Å².